The van der Waals surface area contributed by atoms with E-state index in [2.05, 4.69) is 37.3 Å². The van der Waals surface area contributed by atoms with Gasteiger partial charge in [-0.1, -0.05) is 29.8 Å². The summed E-state index contributed by atoms with van der Waals surface area (Å²) in [5.41, 5.74) is 5.39. The number of pyridine rings is 1. The molecule has 3 aromatic rings. The molecule has 2 aromatic heterocycles. The number of aldehydes is 1. The standard InChI is InChI=1S/C16H13NO/c1-12-2-5-14(6-3-12)15-8-16-7-4-13(11-18)9-17(16)10-15/h2-11H,1H3. The van der Waals surface area contributed by atoms with Crippen molar-refractivity contribution < 1.29 is 4.79 Å². The SMILES string of the molecule is Cc1ccc(-c2cc3ccc(C=O)cn3c2)cc1. The van der Waals surface area contributed by atoms with Gasteiger partial charge in [0.2, 0.25) is 0 Å². The number of aryl methyl sites for hydroxylation is 1. The summed E-state index contributed by atoms with van der Waals surface area (Å²) in [6.07, 6.45) is 4.76. The molecule has 18 heavy (non-hydrogen) atoms. The molecule has 0 unspecified atom stereocenters. The Kier molecular flexibility index (Phi) is 2.49. The van der Waals surface area contributed by atoms with Crippen LogP contribution in [0.15, 0.2) is 54.9 Å². The Balaban J connectivity index is 2.12. The third kappa shape index (κ3) is 1.82. The Hall–Kier alpha value is -2.35. The van der Waals surface area contributed by atoms with Gasteiger partial charge in [0.1, 0.15) is 0 Å². The molecule has 0 saturated heterocycles. The van der Waals surface area contributed by atoms with Crippen molar-refractivity contribution >= 4 is 11.8 Å². The number of fused-ring (bicyclic) bond motifs is 1. The van der Waals surface area contributed by atoms with Gasteiger partial charge in [-0.15, -0.1) is 0 Å². The molecule has 0 atom stereocenters. The van der Waals surface area contributed by atoms with E-state index in [0.717, 1.165) is 17.4 Å². The summed E-state index contributed by atoms with van der Waals surface area (Å²) in [6.45, 7) is 2.08. The first kappa shape index (κ1) is 10.8. The van der Waals surface area contributed by atoms with E-state index in [0.29, 0.717) is 5.56 Å². The van der Waals surface area contributed by atoms with Crippen molar-refractivity contribution in [3.05, 3.63) is 66.0 Å². The molecule has 0 bridgehead atoms. The van der Waals surface area contributed by atoms with Crippen LogP contribution in [0.4, 0.5) is 0 Å². The number of hydrogen-bond donors (Lipinski definition) is 0. The van der Waals surface area contributed by atoms with Crippen molar-refractivity contribution in [3.63, 3.8) is 0 Å². The highest BCUT2D eigenvalue weighted by Crippen LogP contribution is 2.23. The van der Waals surface area contributed by atoms with Gasteiger partial charge in [0.15, 0.2) is 6.29 Å². The second-order valence-electron chi connectivity index (χ2n) is 4.51. The second-order valence-corrected chi connectivity index (χ2v) is 4.51. The minimum atomic E-state index is 0.688. The third-order valence-electron chi connectivity index (χ3n) is 3.14. The van der Waals surface area contributed by atoms with E-state index in [1.54, 1.807) is 0 Å². The van der Waals surface area contributed by atoms with Gasteiger partial charge in [-0.3, -0.25) is 4.79 Å². The lowest BCUT2D eigenvalue weighted by atomic mass is 10.1. The van der Waals surface area contributed by atoms with Crippen molar-refractivity contribution in [1.29, 1.82) is 0 Å². The van der Waals surface area contributed by atoms with Crippen LogP contribution in [0.1, 0.15) is 15.9 Å². The van der Waals surface area contributed by atoms with Gasteiger partial charge in [-0.25, -0.2) is 0 Å². The molecule has 0 aliphatic rings. The fourth-order valence-electron chi connectivity index (χ4n) is 2.10. The maximum Gasteiger partial charge on any atom is 0.151 e. The number of rotatable bonds is 2. The normalized spacial score (nSPS) is 10.7. The van der Waals surface area contributed by atoms with Crippen molar-refractivity contribution in [3.8, 4) is 11.1 Å². The summed E-state index contributed by atoms with van der Waals surface area (Å²) in [5, 5.41) is 0. The van der Waals surface area contributed by atoms with Crippen LogP contribution in [-0.2, 0) is 0 Å². The molecule has 1 aromatic carbocycles. The molecule has 2 heteroatoms. The zero-order valence-corrected chi connectivity index (χ0v) is 10.1. The third-order valence-corrected chi connectivity index (χ3v) is 3.14. The Morgan fingerprint density at radius 1 is 0.944 bits per heavy atom. The lowest BCUT2D eigenvalue weighted by molar-refractivity contribution is 0.112. The summed E-state index contributed by atoms with van der Waals surface area (Å²) < 4.78 is 1.99. The minimum Gasteiger partial charge on any atom is -0.323 e. The second kappa shape index (κ2) is 4.15. The predicted molar refractivity (Wildman–Crippen MR) is 73.0 cm³/mol. The smallest absolute Gasteiger partial charge is 0.151 e. The highest BCUT2D eigenvalue weighted by atomic mass is 16.1. The molecule has 88 valence electrons. The number of carbonyl (C=O) groups excluding carboxylic acids is 1. The van der Waals surface area contributed by atoms with E-state index >= 15 is 0 Å². The molecule has 0 aliphatic heterocycles. The van der Waals surface area contributed by atoms with Crippen LogP contribution in [0.5, 0.6) is 0 Å². The molecule has 0 saturated carbocycles. The average molecular weight is 235 g/mol. The lowest BCUT2D eigenvalue weighted by Gasteiger charge is -1.97. The van der Waals surface area contributed by atoms with Crippen LogP contribution in [0, 0.1) is 6.92 Å². The Labute approximate surface area is 105 Å². The molecular formula is C16H13NO. The fraction of sp³-hybridized carbons (Fsp3) is 0.0625. The summed E-state index contributed by atoms with van der Waals surface area (Å²) in [7, 11) is 0. The number of nitrogens with zero attached hydrogens (tertiary/aromatic N) is 1. The molecule has 3 rings (SSSR count). The monoisotopic (exact) mass is 235 g/mol. The quantitative estimate of drug-likeness (QED) is 0.620. The van der Waals surface area contributed by atoms with Gasteiger partial charge in [-0.2, -0.15) is 0 Å². The summed E-state index contributed by atoms with van der Waals surface area (Å²) in [6, 6.07) is 14.4. The number of hydrogen-bond acceptors (Lipinski definition) is 1. The minimum absolute atomic E-state index is 0.688. The first-order valence-electron chi connectivity index (χ1n) is 5.90. The maximum atomic E-state index is 10.8. The van der Waals surface area contributed by atoms with Crippen molar-refractivity contribution in [2.24, 2.45) is 0 Å². The topological polar surface area (TPSA) is 21.5 Å². The van der Waals surface area contributed by atoms with E-state index in [1.165, 1.54) is 11.1 Å². The van der Waals surface area contributed by atoms with Crippen molar-refractivity contribution in [1.82, 2.24) is 4.40 Å². The summed E-state index contributed by atoms with van der Waals surface area (Å²) >= 11 is 0. The van der Waals surface area contributed by atoms with Crippen LogP contribution in [0.25, 0.3) is 16.6 Å². The average Bonchev–Trinajstić information content (AvgIpc) is 2.82. The lowest BCUT2D eigenvalue weighted by Crippen LogP contribution is -1.85. The fourth-order valence-corrected chi connectivity index (χ4v) is 2.10. The summed E-state index contributed by atoms with van der Waals surface area (Å²) in [4.78, 5) is 10.8. The van der Waals surface area contributed by atoms with Gasteiger partial charge in [-0.05, 0) is 30.7 Å². The molecule has 0 radical (unpaired) electrons. The van der Waals surface area contributed by atoms with E-state index in [4.69, 9.17) is 0 Å². The molecule has 0 fully saturated rings. The van der Waals surface area contributed by atoms with Crippen LogP contribution in [0.3, 0.4) is 0 Å². The van der Waals surface area contributed by atoms with E-state index in [1.807, 2.05) is 28.9 Å². The number of aromatic nitrogens is 1. The zero-order valence-electron chi connectivity index (χ0n) is 10.1. The molecule has 0 aliphatic carbocycles. The van der Waals surface area contributed by atoms with Crippen molar-refractivity contribution in [2.45, 2.75) is 6.92 Å². The Morgan fingerprint density at radius 2 is 1.72 bits per heavy atom. The Morgan fingerprint density at radius 3 is 2.44 bits per heavy atom. The van der Waals surface area contributed by atoms with Gasteiger partial charge in [0.25, 0.3) is 0 Å². The van der Waals surface area contributed by atoms with Crippen LogP contribution in [-0.4, -0.2) is 10.7 Å². The van der Waals surface area contributed by atoms with Gasteiger partial charge >= 0.3 is 0 Å². The highest BCUT2D eigenvalue weighted by Gasteiger charge is 2.02. The van der Waals surface area contributed by atoms with E-state index in [9.17, 15) is 4.79 Å². The van der Waals surface area contributed by atoms with E-state index in [-0.39, 0.29) is 0 Å². The molecule has 2 nitrogen and oxygen atoms in total. The van der Waals surface area contributed by atoms with Gasteiger partial charge < -0.3 is 4.40 Å². The highest BCUT2D eigenvalue weighted by molar-refractivity contribution is 5.77. The van der Waals surface area contributed by atoms with Gasteiger partial charge in [0, 0.05) is 29.0 Å². The van der Waals surface area contributed by atoms with Crippen LogP contribution in [0.2, 0.25) is 0 Å². The zero-order chi connectivity index (χ0) is 12.5. The Bertz CT molecular complexity index is 708. The van der Waals surface area contributed by atoms with Crippen LogP contribution >= 0.6 is 0 Å². The largest absolute Gasteiger partial charge is 0.323 e. The molecule has 0 N–H and O–H groups in total. The maximum absolute atomic E-state index is 10.8. The molecule has 0 spiro atoms. The number of carbonyl (C=O) groups is 1. The molecular weight excluding hydrogens is 222 g/mol. The number of benzene rings is 1. The van der Waals surface area contributed by atoms with Crippen LogP contribution < -0.4 is 0 Å². The van der Waals surface area contributed by atoms with E-state index < -0.39 is 0 Å². The molecule has 2 heterocycles. The first-order chi connectivity index (χ1) is 8.76. The van der Waals surface area contributed by atoms with Crippen molar-refractivity contribution in [2.75, 3.05) is 0 Å². The van der Waals surface area contributed by atoms with Gasteiger partial charge in [0.05, 0.1) is 0 Å². The summed E-state index contributed by atoms with van der Waals surface area (Å²) in [5.74, 6) is 0. The first-order valence-corrected chi connectivity index (χ1v) is 5.90. The predicted octanol–water partition coefficient (Wildman–Crippen LogP) is 3.73. The molecule has 0 amide bonds.